The second kappa shape index (κ2) is 10.7. The number of carbonyl (C=O) groups is 1. The summed E-state index contributed by atoms with van der Waals surface area (Å²) >= 11 is 6.43. The molecule has 12 heteroatoms. The zero-order valence-electron chi connectivity index (χ0n) is 20.9. The Labute approximate surface area is 226 Å². The number of hydrogen-bond acceptors (Lipinski definition) is 7. The normalized spacial score (nSPS) is 20.0. The van der Waals surface area contributed by atoms with Crippen molar-refractivity contribution in [3.05, 3.63) is 53.2 Å². The van der Waals surface area contributed by atoms with Crippen LogP contribution in [0.1, 0.15) is 36.2 Å². The molecule has 2 fully saturated rings. The predicted molar refractivity (Wildman–Crippen MR) is 146 cm³/mol. The summed E-state index contributed by atoms with van der Waals surface area (Å²) in [5.74, 6) is -0.222. The summed E-state index contributed by atoms with van der Waals surface area (Å²) in [5, 5.41) is 3.93. The Balaban J connectivity index is 1.45. The number of rotatable bonds is 9. The van der Waals surface area contributed by atoms with E-state index in [0.29, 0.717) is 28.5 Å². The number of aromatic amines is 1. The number of carbonyl (C=O) groups excluding carboxylic acids is 1. The number of H-pyrrole nitrogens is 1. The van der Waals surface area contributed by atoms with Gasteiger partial charge in [-0.1, -0.05) is 42.6 Å². The van der Waals surface area contributed by atoms with Crippen molar-refractivity contribution in [1.82, 2.24) is 9.29 Å². The number of nitrogens with zero attached hydrogens (tertiary/aromatic N) is 1. The molecule has 1 saturated heterocycles. The molecule has 204 valence electrons. The third kappa shape index (κ3) is 5.48. The molecule has 1 amide bonds. The first kappa shape index (κ1) is 26.8. The highest BCUT2D eigenvalue weighted by atomic mass is 35.5. The third-order valence-corrected chi connectivity index (χ3v) is 9.35. The van der Waals surface area contributed by atoms with Crippen LogP contribution in [0.4, 0.5) is 5.69 Å². The number of halogens is 1. The molecule has 2 heterocycles. The number of ether oxygens (including phenoxy) is 2. The summed E-state index contributed by atoms with van der Waals surface area (Å²) < 4.78 is 40.8. The fraction of sp³-hybridized carbons (Fsp3) is 0.423. The van der Waals surface area contributed by atoms with Crippen molar-refractivity contribution in [2.24, 2.45) is 11.5 Å². The first-order valence-electron chi connectivity index (χ1n) is 12.6. The van der Waals surface area contributed by atoms with E-state index in [1.807, 2.05) is 30.3 Å². The quantitative estimate of drug-likeness (QED) is 0.313. The van der Waals surface area contributed by atoms with E-state index < -0.39 is 22.0 Å². The van der Waals surface area contributed by atoms with Crippen LogP contribution in [-0.2, 0) is 14.8 Å². The van der Waals surface area contributed by atoms with Gasteiger partial charge in [0.05, 0.1) is 17.8 Å². The van der Waals surface area contributed by atoms with Gasteiger partial charge in [-0.05, 0) is 37.1 Å². The highest BCUT2D eigenvalue weighted by Crippen LogP contribution is 2.37. The molecule has 1 aliphatic carbocycles. The summed E-state index contributed by atoms with van der Waals surface area (Å²) in [7, 11) is -4.16. The standard InChI is InChI=1S/C26H32ClN5O5S/c27-17-12-20-22(21(13-17)30-16-26(29)8-4-5-9-26)31-23(25(28)33)24(20)38(34,35)32-10-11-36-19(14-32)15-37-18-6-2-1-3-7-18/h1-3,6-7,12-13,19,30-31H,4-5,8-11,14-16,29H2,(H2,28,33)/t19-/m0/s1. The van der Waals surface area contributed by atoms with Gasteiger partial charge in [0.15, 0.2) is 0 Å². The third-order valence-electron chi connectivity index (χ3n) is 7.18. The van der Waals surface area contributed by atoms with Gasteiger partial charge < -0.3 is 31.2 Å². The van der Waals surface area contributed by atoms with Crippen LogP contribution in [0.3, 0.4) is 0 Å². The lowest BCUT2D eigenvalue weighted by atomic mass is 9.99. The van der Waals surface area contributed by atoms with Gasteiger partial charge in [0.2, 0.25) is 10.0 Å². The monoisotopic (exact) mass is 561 g/mol. The Bertz CT molecular complexity index is 1420. The van der Waals surface area contributed by atoms with Crippen LogP contribution in [0.2, 0.25) is 5.02 Å². The molecule has 0 spiro atoms. The largest absolute Gasteiger partial charge is 0.491 e. The zero-order chi connectivity index (χ0) is 26.9. The number of fused-ring (bicyclic) bond motifs is 1. The molecule has 1 atom stereocenters. The maximum atomic E-state index is 14.0. The Morgan fingerprint density at radius 1 is 1.24 bits per heavy atom. The van der Waals surface area contributed by atoms with E-state index in [1.165, 1.54) is 10.4 Å². The smallest absolute Gasteiger partial charge is 0.266 e. The highest BCUT2D eigenvalue weighted by Gasteiger charge is 2.37. The van der Waals surface area contributed by atoms with Crippen molar-refractivity contribution >= 4 is 44.1 Å². The van der Waals surface area contributed by atoms with E-state index in [4.69, 9.17) is 32.5 Å². The van der Waals surface area contributed by atoms with E-state index >= 15 is 0 Å². The molecule has 1 aliphatic heterocycles. The molecule has 2 aliphatic rings. The molecule has 1 saturated carbocycles. The molecule has 10 nitrogen and oxygen atoms in total. The molecule has 38 heavy (non-hydrogen) atoms. The first-order valence-corrected chi connectivity index (χ1v) is 14.5. The highest BCUT2D eigenvalue weighted by molar-refractivity contribution is 7.89. The molecule has 6 N–H and O–H groups in total. The summed E-state index contributed by atoms with van der Waals surface area (Å²) in [6.45, 7) is 1.02. The Morgan fingerprint density at radius 2 is 1.97 bits per heavy atom. The van der Waals surface area contributed by atoms with Crippen molar-refractivity contribution in [3.63, 3.8) is 0 Å². The van der Waals surface area contributed by atoms with E-state index in [-0.39, 0.29) is 47.8 Å². The van der Waals surface area contributed by atoms with Crippen LogP contribution >= 0.6 is 11.6 Å². The van der Waals surface area contributed by atoms with Crippen LogP contribution in [0.25, 0.3) is 10.9 Å². The average Bonchev–Trinajstić information content (AvgIpc) is 3.51. The molecular weight excluding hydrogens is 530 g/mol. The van der Waals surface area contributed by atoms with Crippen LogP contribution in [-0.4, -0.2) is 68.1 Å². The van der Waals surface area contributed by atoms with E-state index in [2.05, 4.69) is 10.3 Å². The van der Waals surface area contributed by atoms with Crippen LogP contribution in [0.5, 0.6) is 5.75 Å². The molecule has 0 radical (unpaired) electrons. The minimum atomic E-state index is -4.16. The number of morpholine rings is 1. The van der Waals surface area contributed by atoms with Gasteiger partial charge in [-0.25, -0.2) is 8.42 Å². The maximum Gasteiger partial charge on any atom is 0.266 e. The molecule has 3 aromatic rings. The van der Waals surface area contributed by atoms with Crippen LogP contribution in [0, 0.1) is 0 Å². The predicted octanol–water partition coefficient (Wildman–Crippen LogP) is 3.07. The zero-order valence-corrected chi connectivity index (χ0v) is 22.5. The molecule has 2 aromatic carbocycles. The maximum absolute atomic E-state index is 14.0. The molecule has 0 unspecified atom stereocenters. The van der Waals surface area contributed by atoms with Crippen molar-refractivity contribution < 1.29 is 22.7 Å². The van der Waals surface area contributed by atoms with Gasteiger partial charge in [-0.15, -0.1) is 0 Å². The lowest BCUT2D eigenvalue weighted by molar-refractivity contribution is -0.0249. The van der Waals surface area contributed by atoms with Gasteiger partial charge in [-0.2, -0.15) is 4.31 Å². The number of aromatic nitrogens is 1. The van der Waals surface area contributed by atoms with Gasteiger partial charge in [0.1, 0.15) is 29.0 Å². The fourth-order valence-corrected chi connectivity index (χ4v) is 7.19. The second-order valence-corrected chi connectivity index (χ2v) is 12.3. The van der Waals surface area contributed by atoms with Gasteiger partial charge >= 0.3 is 0 Å². The number of primary amides is 1. The van der Waals surface area contributed by atoms with E-state index in [9.17, 15) is 13.2 Å². The summed E-state index contributed by atoms with van der Waals surface area (Å²) in [6.07, 6.45) is 3.43. The number of amides is 1. The lowest BCUT2D eigenvalue weighted by Crippen LogP contribution is -2.47. The number of hydrogen-bond donors (Lipinski definition) is 4. The number of benzene rings is 2. The summed E-state index contributed by atoms with van der Waals surface area (Å²) in [5.41, 5.74) is 12.6. The number of nitrogens with two attached hydrogens (primary N) is 2. The van der Waals surface area contributed by atoms with Gasteiger partial charge in [0, 0.05) is 35.6 Å². The molecule has 1 aromatic heterocycles. The Hall–Kier alpha value is -2.83. The Kier molecular flexibility index (Phi) is 7.56. The van der Waals surface area contributed by atoms with Crippen LogP contribution in [0.15, 0.2) is 47.4 Å². The van der Waals surface area contributed by atoms with Crippen LogP contribution < -0.4 is 21.5 Å². The second-order valence-electron chi connectivity index (χ2n) is 9.97. The van der Waals surface area contributed by atoms with E-state index in [1.54, 1.807) is 6.07 Å². The SMILES string of the molecule is NC(=O)c1[nH]c2c(NCC3(N)CCCC3)cc(Cl)cc2c1S(=O)(=O)N1CCO[C@H](COc2ccccc2)C1. The van der Waals surface area contributed by atoms with Crippen molar-refractivity contribution in [2.75, 3.05) is 38.2 Å². The number of para-hydroxylation sites is 1. The van der Waals surface area contributed by atoms with Gasteiger partial charge in [0.25, 0.3) is 5.91 Å². The summed E-state index contributed by atoms with van der Waals surface area (Å²) in [6, 6.07) is 12.4. The first-order chi connectivity index (χ1) is 18.2. The molecule has 5 rings (SSSR count). The average molecular weight is 562 g/mol. The minimum Gasteiger partial charge on any atom is -0.491 e. The van der Waals surface area contributed by atoms with Crippen molar-refractivity contribution in [2.45, 2.75) is 42.2 Å². The minimum absolute atomic E-state index is 0.0570. The number of anilines is 1. The molecule has 0 bridgehead atoms. The lowest BCUT2D eigenvalue weighted by Gasteiger charge is -2.32. The van der Waals surface area contributed by atoms with Gasteiger partial charge in [-0.3, -0.25) is 4.79 Å². The number of nitrogens with one attached hydrogen (secondary N) is 2. The Morgan fingerprint density at radius 3 is 2.68 bits per heavy atom. The number of sulfonamides is 1. The molecular formula is C26H32ClN5O5S. The summed E-state index contributed by atoms with van der Waals surface area (Å²) in [4.78, 5) is 15.2. The van der Waals surface area contributed by atoms with E-state index in [0.717, 1.165) is 25.7 Å². The van der Waals surface area contributed by atoms with Crippen molar-refractivity contribution in [3.8, 4) is 5.75 Å². The fourth-order valence-electron chi connectivity index (χ4n) is 5.19. The van der Waals surface area contributed by atoms with Crippen molar-refractivity contribution in [1.29, 1.82) is 0 Å². The topological polar surface area (TPSA) is 153 Å².